The SMILES string of the molecule is CC(CS(=O)(=O)c1ccccc1)NCC(c1ccco1)N(C)C. The van der Waals surface area contributed by atoms with Crippen molar-refractivity contribution >= 4 is 9.84 Å². The highest BCUT2D eigenvalue weighted by molar-refractivity contribution is 7.91. The molecule has 23 heavy (non-hydrogen) atoms. The molecule has 1 aromatic heterocycles. The number of likely N-dealkylation sites (N-methyl/N-ethyl adjacent to an activating group) is 1. The second-order valence-electron chi connectivity index (χ2n) is 5.90. The summed E-state index contributed by atoms with van der Waals surface area (Å²) in [6, 6.07) is 12.2. The molecule has 0 aliphatic rings. The van der Waals surface area contributed by atoms with Gasteiger partial charge >= 0.3 is 0 Å². The van der Waals surface area contributed by atoms with Crippen molar-refractivity contribution in [2.24, 2.45) is 0 Å². The van der Waals surface area contributed by atoms with Crippen LogP contribution in [0.2, 0.25) is 0 Å². The van der Waals surface area contributed by atoms with Crippen LogP contribution in [0.1, 0.15) is 18.7 Å². The van der Waals surface area contributed by atoms with E-state index in [-0.39, 0.29) is 17.8 Å². The number of hydrogen-bond donors (Lipinski definition) is 1. The van der Waals surface area contributed by atoms with Crippen LogP contribution in [0.15, 0.2) is 58.0 Å². The summed E-state index contributed by atoms with van der Waals surface area (Å²) in [6.07, 6.45) is 1.65. The minimum absolute atomic E-state index is 0.0619. The second kappa shape index (κ2) is 7.77. The minimum Gasteiger partial charge on any atom is -0.468 e. The largest absolute Gasteiger partial charge is 0.468 e. The van der Waals surface area contributed by atoms with E-state index in [0.717, 1.165) is 5.76 Å². The third-order valence-electron chi connectivity index (χ3n) is 3.73. The summed E-state index contributed by atoms with van der Waals surface area (Å²) in [6.45, 7) is 2.50. The fourth-order valence-electron chi connectivity index (χ4n) is 2.44. The normalized spacial score (nSPS) is 14.8. The summed E-state index contributed by atoms with van der Waals surface area (Å²) in [5, 5.41) is 3.30. The van der Waals surface area contributed by atoms with Crippen molar-refractivity contribution in [1.82, 2.24) is 10.2 Å². The number of sulfone groups is 1. The van der Waals surface area contributed by atoms with Crippen LogP contribution in [0.5, 0.6) is 0 Å². The summed E-state index contributed by atoms with van der Waals surface area (Å²) >= 11 is 0. The molecule has 6 heteroatoms. The number of benzene rings is 1. The Bertz CT molecular complexity index is 682. The highest BCUT2D eigenvalue weighted by atomic mass is 32.2. The lowest BCUT2D eigenvalue weighted by atomic mass is 10.2. The quantitative estimate of drug-likeness (QED) is 0.802. The third-order valence-corrected chi connectivity index (χ3v) is 5.66. The standard InChI is InChI=1S/C17H24N2O3S/c1-14(13-23(20,21)15-8-5-4-6-9-15)18-12-16(19(2)3)17-10-7-11-22-17/h4-11,14,16,18H,12-13H2,1-3H3. The van der Waals surface area contributed by atoms with Gasteiger partial charge in [0, 0.05) is 12.6 Å². The highest BCUT2D eigenvalue weighted by Crippen LogP contribution is 2.18. The Morgan fingerprint density at radius 2 is 1.83 bits per heavy atom. The summed E-state index contributed by atoms with van der Waals surface area (Å²) in [4.78, 5) is 2.41. The zero-order chi connectivity index (χ0) is 16.9. The maximum absolute atomic E-state index is 12.4. The molecule has 1 N–H and O–H groups in total. The Morgan fingerprint density at radius 3 is 2.39 bits per heavy atom. The van der Waals surface area contributed by atoms with Gasteiger partial charge in [0.25, 0.3) is 0 Å². The highest BCUT2D eigenvalue weighted by Gasteiger charge is 2.21. The third kappa shape index (κ3) is 4.92. The van der Waals surface area contributed by atoms with E-state index in [0.29, 0.717) is 11.4 Å². The number of furan rings is 1. The van der Waals surface area contributed by atoms with Gasteiger partial charge in [-0.1, -0.05) is 18.2 Å². The van der Waals surface area contributed by atoms with Gasteiger partial charge in [0.2, 0.25) is 0 Å². The van der Waals surface area contributed by atoms with Crippen LogP contribution >= 0.6 is 0 Å². The van der Waals surface area contributed by atoms with E-state index in [1.54, 1.807) is 30.5 Å². The van der Waals surface area contributed by atoms with Gasteiger partial charge in [-0.2, -0.15) is 0 Å². The molecule has 0 aliphatic carbocycles. The van der Waals surface area contributed by atoms with Crippen molar-refractivity contribution in [3.8, 4) is 0 Å². The van der Waals surface area contributed by atoms with Crippen molar-refractivity contribution in [1.29, 1.82) is 0 Å². The van der Waals surface area contributed by atoms with Crippen LogP contribution < -0.4 is 5.32 Å². The number of hydrogen-bond acceptors (Lipinski definition) is 5. The molecule has 0 saturated heterocycles. The molecule has 0 fully saturated rings. The summed E-state index contributed by atoms with van der Waals surface area (Å²) < 4.78 is 30.2. The fourth-order valence-corrected chi connectivity index (χ4v) is 3.98. The lowest BCUT2D eigenvalue weighted by Crippen LogP contribution is -2.39. The zero-order valence-corrected chi connectivity index (χ0v) is 14.6. The first kappa shape index (κ1) is 17.7. The predicted octanol–water partition coefficient (Wildman–Crippen LogP) is 2.33. The molecule has 2 rings (SSSR count). The van der Waals surface area contributed by atoms with Crippen LogP contribution in [-0.4, -0.2) is 45.8 Å². The van der Waals surface area contributed by atoms with Crippen LogP contribution in [0, 0.1) is 0 Å². The molecule has 126 valence electrons. The monoisotopic (exact) mass is 336 g/mol. The molecule has 0 saturated carbocycles. The number of nitrogens with one attached hydrogen (secondary N) is 1. The van der Waals surface area contributed by atoms with Gasteiger partial charge in [0.15, 0.2) is 9.84 Å². The first-order valence-corrected chi connectivity index (χ1v) is 9.26. The Hall–Kier alpha value is -1.63. The molecule has 1 aromatic carbocycles. The lowest BCUT2D eigenvalue weighted by Gasteiger charge is -2.24. The van der Waals surface area contributed by atoms with E-state index < -0.39 is 9.84 Å². The zero-order valence-electron chi connectivity index (χ0n) is 13.8. The van der Waals surface area contributed by atoms with Crippen molar-refractivity contribution in [2.75, 3.05) is 26.4 Å². The molecule has 0 spiro atoms. The second-order valence-corrected chi connectivity index (χ2v) is 7.93. The van der Waals surface area contributed by atoms with E-state index >= 15 is 0 Å². The first-order chi connectivity index (χ1) is 10.9. The molecular weight excluding hydrogens is 312 g/mol. The van der Waals surface area contributed by atoms with Gasteiger partial charge in [-0.05, 0) is 45.3 Å². The molecule has 2 unspecified atom stereocenters. The summed E-state index contributed by atoms with van der Waals surface area (Å²) in [5.74, 6) is 0.926. The molecular formula is C17H24N2O3S. The van der Waals surface area contributed by atoms with Crippen LogP contribution in [0.4, 0.5) is 0 Å². The topological polar surface area (TPSA) is 62.6 Å². The Balaban J connectivity index is 1.95. The maximum atomic E-state index is 12.4. The van der Waals surface area contributed by atoms with Crippen molar-refractivity contribution in [3.05, 3.63) is 54.5 Å². The molecule has 2 atom stereocenters. The Labute approximate surface area is 138 Å². The molecule has 0 radical (unpaired) electrons. The van der Waals surface area contributed by atoms with Gasteiger partial charge in [-0.25, -0.2) is 8.42 Å². The van der Waals surface area contributed by atoms with E-state index in [1.807, 2.05) is 44.1 Å². The van der Waals surface area contributed by atoms with Crippen molar-refractivity contribution in [2.45, 2.75) is 23.9 Å². The van der Waals surface area contributed by atoms with Crippen LogP contribution in [0.3, 0.4) is 0 Å². The predicted molar refractivity (Wildman–Crippen MR) is 91.1 cm³/mol. The van der Waals surface area contributed by atoms with E-state index in [2.05, 4.69) is 5.32 Å². The van der Waals surface area contributed by atoms with Crippen LogP contribution in [-0.2, 0) is 9.84 Å². The van der Waals surface area contributed by atoms with Crippen LogP contribution in [0.25, 0.3) is 0 Å². The van der Waals surface area contributed by atoms with Gasteiger partial charge in [0.05, 0.1) is 23.0 Å². The molecule has 1 heterocycles. The smallest absolute Gasteiger partial charge is 0.179 e. The van der Waals surface area contributed by atoms with Gasteiger partial charge in [-0.15, -0.1) is 0 Å². The minimum atomic E-state index is -3.28. The van der Waals surface area contributed by atoms with Crippen molar-refractivity contribution < 1.29 is 12.8 Å². The van der Waals surface area contributed by atoms with Gasteiger partial charge in [0.1, 0.15) is 5.76 Å². The van der Waals surface area contributed by atoms with E-state index in [9.17, 15) is 8.42 Å². The molecule has 2 aromatic rings. The molecule has 5 nitrogen and oxygen atoms in total. The van der Waals surface area contributed by atoms with Gasteiger partial charge < -0.3 is 9.73 Å². The van der Waals surface area contributed by atoms with E-state index in [1.165, 1.54) is 0 Å². The van der Waals surface area contributed by atoms with Crippen molar-refractivity contribution in [3.63, 3.8) is 0 Å². The number of rotatable bonds is 8. The molecule has 0 amide bonds. The molecule has 0 bridgehead atoms. The first-order valence-electron chi connectivity index (χ1n) is 7.61. The average Bonchev–Trinajstić information content (AvgIpc) is 3.01. The summed E-state index contributed by atoms with van der Waals surface area (Å²) in [7, 11) is 0.664. The number of nitrogens with zero attached hydrogens (tertiary/aromatic N) is 1. The summed E-state index contributed by atoms with van der Waals surface area (Å²) in [5.41, 5.74) is 0. The Morgan fingerprint density at radius 1 is 1.13 bits per heavy atom. The average molecular weight is 336 g/mol. The molecule has 0 aliphatic heterocycles. The Kier molecular flexibility index (Phi) is 5.98. The lowest BCUT2D eigenvalue weighted by molar-refractivity contribution is 0.246. The fraction of sp³-hybridized carbons (Fsp3) is 0.412. The van der Waals surface area contributed by atoms with Gasteiger partial charge in [-0.3, -0.25) is 4.90 Å². The maximum Gasteiger partial charge on any atom is 0.179 e. The van der Waals surface area contributed by atoms with E-state index in [4.69, 9.17) is 4.42 Å².